The standard InChI is InChI=1S/C8H15F3N2O/c1-5(4-8(9,10)11)13-6(2)7(14)12-3/h5-6,13H,4H2,1-3H3,(H,12,14)/t5?,6-/m1/s1. The Labute approximate surface area is 81.1 Å². The summed E-state index contributed by atoms with van der Waals surface area (Å²) in [5.41, 5.74) is 0. The number of carbonyl (C=O) groups excluding carboxylic acids is 1. The molecule has 0 aliphatic rings. The highest BCUT2D eigenvalue weighted by Crippen LogP contribution is 2.21. The third-order valence-corrected chi connectivity index (χ3v) is 1.71. The predicted octanol–water partition coefficient (Wildman–Crippen LogP) is 1.05. The van der Waals surface area contributed by atoms with Gasteiger partial charge >= 0.3 is 6.18 Å². The zero-order valence-corrected chi connectivity index (χ0v) is 8.40. The van der Waals surface area contributed by atoms with Crippen LogP contribution in [0.4, 0.5) is 13.2 Å². The van der Waals surface area contributed by atoms with Gasteiger partial charge in [-0.2, -0.15) is 13.2 Å². The first-order valence-corrected chi connectivity index (χ1v) is 4.30. The summed E-state index contributed by atoms with van der Waals surface area (Å²) in [6.07, 6.45) is -5.14. The molecule has 1 unspecified atom stereocenters. The van der Waals surface area contributed by atoms with Crippen molar-refractivity contribution in [1.29, 1.82) is 0 Å². The van der Waals surface area contributed by atoms with Crippen molar-refractivity contribution in [2.75, 3.05) is 7.05 Å². The van der Waals surface area contributed by atoms with Crippen LogP contribution in [0.5, 0.6) is 0 Å². The SMILES string of the molecule is CNC(=O)[C@@H](C)NC(C)CC(F)(F)F. The first kappa shape index (κ1) is 13.2. The first-order chi connectivity index (χ1) is 6.26. The van der Waals surface area contributed by atoms with Crippen molar-refractivity contribution in [2.45, 2.75) is 38.5 Å². The molecular formula is C8H15F3N2O. The lowest BCUT2D eigenvalue weighted by molar-refractivity contribution is -0.140. The minimum atomic E-state index is -4.20. The van der Waals surface area contributed by atoms with Crippen LogP contribution in [-0.4, -0.2) is 31.2 Å². The van der Waals surface area contributed by atoms with Gasteiger partial charge in [-0.3, -0.25) is 4.79 Å². The van der Waals surface area contributed by atoms with Gasteiger partial charge in [0.2, 0.25) is 5.91 Å². The number of hydrogen-bond donors (Lipinski definition) is 2. The Bertz CT molecular complexity index is 194. The molecule has 0 rings (SSSR count). The summed E-state index contributed by atoms with van der Waals surface area (Å²) in [4.78, 5) is 11.0. The number of alkyl halides is 3. The topological polar surface area (TPSA) is 41.1 Å². The fraction of sp³-hybridized carbons (Fsp3) is 0.875. The number of halogens is 3. The molecule has 2 N–H and O–H groups in total. The summed E-state index contributed by atoms with van der Waals surface area (Å²) in [6.45, 7) is 2.92. The monoisotopic (exact) mass is 212 g/mol. The maximum Gasteiger partial charge on any atom is 0.390 e. The van der Waals surface area contributed by atoms with Gasteiger partial charge in [-0.15, -0.1) is 0 Å². The van der Waals surface area contributed by atoms with Crippen LogP contribution in [-0.2, 0) is 4.79 Å². The van der Waals surface area contributed by atoms with E-state index in [9.17, 15) is 18.0 Å². The van der Waals surface area contributed by atoms with Crippen LogP contribution in [0.1, 0.15) is 20.3 Å². The number of rotatable bonds is 4. The number of likely N-dealkylation sites (N-methyl/N-ethyl adjacent to an activating group) is 1. The average Bonchev–Trinajstić information content (AvgIpc) is 1.99. The Morgan fingerprint density at radius 3 is 2.21 bits per heavy atom. The highest BCUT2D eigenvalue weighted by molar-refractivity contribution is 5.80. The van der Waals surface area contributed by atoms with E-state index < -0.39 is 24.7 Å². The van der Waals surface area contributed by atoms with E-state index in [-0.39, 0.29) is 5.91 Å². The summed E-state index contributed by atoms with van der Waals surface area (Å²) in [6, 6.07) is -1.38. The van der Waals surface area contributed by atoms with E-state index in [1.54, 1.807) is 0 Å². The van der Waals surface area contributed by atoms with E-state index >= 15 is 0 Å². The highest BCUT2D eigenvalue weighted by Gasteiger charge is 2.30. The Morgan fingerprint density at radius 1 is 1.36 bits per heavy atom. The molecular weight excluding hydrogens is 197 g/mol. The largest absolute Gasteiger partial charge is 0.390 e. The van der Waals surface area contributed by atoms with Crippen LogP contribution < -0.4 is 10.6 Å². The van der Waals surface area contributed by atoms with Gasteiger partial charge < -0.3 is 10.6 Å². The van der Waals surface area contributed by atoms with E-state index in [2.05, 4.69) is 10.6 Å². The maximum absolute atomic E-state index is 11.9. The second-order valence-electron chi connectivity index (χ2n) is 3.22. The summed E-state index contributed by atoms with van der Waals surface area (Å²) >= 11 is 0. The first-order valence-electron chi connectivity index (χ1n) is 4.30. The predicted molar refractivity (Wildman–Crippen MR) is 46.8 cm³/mol. The van der Waals surface area contributed by atoms with Crippen LogP contribution in [0, 0.1) is 0 Å². The summed E-state index contributed by atoms with van der Waals surface area (Å²) in [7, 11) is 1.44. The van der Waals surface area contributed by atoms with Gasteiger partial charge in [-0.25, -0.2) is 0 Å². The number of carbonyl (C=O) groups is 1. The average molecular weight is 212 g/mol. The van der Waals surface area contributed by atoms with Crippen LogP contribution in [0.25, 0.3) is 0 Å². The maximum atomic E-state index is 11.9. The van der Waals surface area contributed by atoms with E-state index in [4.69, 9.17) is 0 Å². The van der Waals surface area contributed by atoms with Crippen molar-refractivity contribution in [3.63, 3.8) is 0 Å². The van der Waals surface area contributed by atoms with Gasteiger partial charge in [-0.1, -0.05) is 0 Å². The fourth-order valence-corrected chi connectivity index (χ4v) is 1.13. The molecule has 0 heterocycles. The molecule has 0 fully saturated rings. The van der Waals surface area contributed by atoms with Gasteiger partial charge in [0.15, 0.2) is 0 Å². The molecule has 0 aliphatic carbocycles. The smallest absolute Gasteiger partial charge is 0.358 e. The van der Waals surface area contributed by atoms with E-state index in [1.807, 2.05) is 0 Å². The molecule has 3 nitrogen and oxygen atoms in total. The highest BCUT2D eigenvalue weighted by atomic mass is 19.4. The molecule has 0 bridgehead atoms. The molecule has 0 radical (unpaired) electrons. The molecule has 6 heteroatoms. The Morgan fingerprint density at radius 2 is 1.86 bits per heavy atom. The third-order valence-electron chi connectivity index (χ3n) is 1.71. The molecule has 1 amide bonds. The fourth-order valence-electron chi connectivity index (χ4n) is 1.13. The summed E-state index contributed by atoms with van der Waals surface area (Å²) in [5.74, 6) is -0.320. The number of nitrogens with one attached hydrogen (secondary N) is 2. The van der Waals surface area contributed by atoms with E-state index in [1.165, 1.54) is 20.9 Å². The molecule has 84 valence electrons. The Kier molecular flexibility index (Phi) is 4.90. The van der Waals surface area contributed by atoms with Crippen molar-refractivity contribution in [2.24, 2.45) is 0 Å². The van der Waals surface area contributed by atoms with Crippen molar-refractivity contribution in [3.05, 3.63) is 0 Å². The van der Waals surface area contributed by atoms with Crippen LogP contribution >= 0.6 is 0 Å². The molecule has 0 aliphatic heterocycles. The molecule has 0 aromatic carbocycles. The van der Waals surface area contributed by atoms with Crippen LogP contribution in [0.15, 0.2) is 0 Å². The lowest BCUT2D eigenvalue weighted by Gasteiger charge is -2.19. The van der Waals surface area contributed by atoms with Crippen LogP contribution in [0.3, 0.4) is 0 Å². The van der Waals surface area contributed by atoms with Gasteiger partial charge in [0.05, 0.1) is 12.5 Å². The summed E-state index contributed by atoms with van der Waals surface area (Å²) in [5, 5.41) is 4.91. The zero-order chi connectivity index (χ0) is 11.4. The second kappa shape index (κ2) is 5.19. The van der Waals surface area contributed by atoms with Crippen molar-refractivity contribution < 1.29 is 18.0 Å². The zero-order valence-electron chi connectivity index (χ0n) is 8.40. The molecule has 0 aromatic rings. The lowest BCUT2D eigenvalue weighted by atomic mass is 10.2. The van der Waals surface area contributed by atoms with Gasteiger partial charge in [-0.05, 0) is 13.8 Å². The molecule has 0 saturated heterocycles. The normalized spacial score (nSPS) is 16.1. The molecule has 0 spiro atoms. The van der Waals surface area contributed by atoms with Crippen LogP contribution in [0.2, 0.25) is 0 Å². The third kappa shape index (κ3) is 5.80. The minimum absolute atomic E-state index is 0.320. The summed E-state index contributed by atoms with van der Waals surface area (Å²) < 4.78 is 35.7. The van der Waals surface area contributed by atoms with Crippen molar-refractivity contribution in [1.82, 2.24) is 10.6 Å². The lowest BCUT2D eigenvalue weighted by Crippen LogP contribution is -2.45. The Hall–Kier alpha value is -0.780. The molecule has 0 aromatic heterocycles. The minimum Gasteiger partial charge on any atom is -0.358 e. The second-order valence-corrected chi connectivity index (χ2v) is 3.22. The quantitative estimate of drug-likeness (QED) is 0.731. The van der Waals surface area contributed by atoms with E-state index in [0.29, 0.717) is 0 Å². The van der Waals surface area contributed by atoms with Crippen molar-refractivity contribution >= 4 is 5.91 Å². The van der Waals surface area contributed by atoms with Gasteiger partial charge in [0, 0.05) is 13.1 Å². The molecule has 0 saturated carbocycles. The van der Waals surface area contributed by atoms with Gasteiger partial charge in [0.25, 0.3) is 0 Å². The van der Waals surface area contributed by atoms with Crippen molar-refractivity contribution in [3.8, 4) is 0 Å². The molecule has 2 atom stereocenters. The Balaban J connectivity index is 3.94. The number of hydrogen-bond acceptors (Lipinski definition) is 2. The molecule has 14 heavy (non-hydrogen) atoms. The van der Waals surface area contributed by atoms with Gasteiger partial charge in [0.1, 0.15) is 0 Å². The van der Waals surface area contributed by atoms with E-state index in [0.717, 1.165) is 0 Å². The number of amides is 1.